The van der Waals surface area contributed by atoms with Crippen molar-refractivity contribution in [1.82, 2.24) is 0 Å². The van der Waals surface area contributed by atoms with E-state index in [1.807, 2.05) is 12.1 Å². The van der Waals surface area contributed by atoms with Gasteiger partial charge in [0.1, 0.15) is 24.8 Å². The van der Waals surface area contributed by atoms with E-state index in [-0.39, 0.29) is 12.6 Å². The van der Waals surface area contributed by atoms with Crippen LogP contribution in [0.25, 0.3) is 0 Å². The molecule has 2 aromatic carbocycles. The van der Waals surface area contributed by atoms with Crippen molar-refractivity contribution in [1.29, 1.82) is 0 Å². The van der Waals surface area contributed by atoms with Gasteiger partial charge in [0.15, 0.2) is 23.5 Å². The third kappa shape index (κ3) is 3.71. The molecule has 136 valence electrons. The van der Waals surface area contributed by atoms with Gasteiger partial charge in [0.25, 0.3) is 0 Å². The standard InChI is InChI=1S/C18H17FN2O4S/c19-13-5-11-8-22-10-25-17(11)12(6-13)9-26-18(20)21-14-1-2-15-16(7-14)24-4-3-23-15/h1-2,5-7H,3-4,8-10H2,(H2,20,21). The van der Waals surface area contributed by atoms with Gasteiger partial charge in [0.05, 0.1) is 12.3 Å². The highest BCUT2D eigenvalue weighted by Gasteiger charge is 2.17. The first-order valence-electron chi connectivity index (χ1n) is 8.07. The van der Waals surface area contributed by atoms with Crippen LogP contribution in [0.15, 0.2) is 35.3 Å². The highest BCUT2D eigenvalue weighted by atomic mass is 32.2. The van der Waals surface area contributed by atoms with Gasteiger partial charge < -0.3 is 24.7 Å². The van der Waals surface area contributed by atoms with Crippen molar-refractivity contribution in [2.45, 2.75) is 12.4 Å². The van der Waals surface area contributed by atoms with Gasteiger partial charge in [-0.15, -0.1) is 0 Å². The summed E-state index contributed by atoms with van der Waals surface area (Å²) >= 11 is 1.31. The van der Waals surface area contributed by atoms with E-state index in [1.165, 1.54) is 23.9 Å². The topological polar surface area (TPSA) is 75.3 Å². The molecule has 0 fully saturated rings. The predicted molar refractivity (Wildman–Crippen MR) is 96.7 cm³/mol. The molecule has 26 heavy (non-hydrogen) atoms. The van der Waals surface area contributed by atoms with E-state index in [9.17, 15) is 4.39 Å². The van der Waals surface area contributed by atoms with Gasteiger partial charge in [-0.3, -0.25) is 0 Å². The minimum atomic E-state index is -0.323. The summed E-state index contributed by atoms with van der Waals surface area (Å²) in [7, 11) is 0. The van der Waals surface area contributed by atoms with E-state index in [1.54, 1.807) is 6.07 Å². The second-order valence-electron chi connectivity index (χ2n) is 5.73. The zero-order valence-corrected chi connectivity index (χ0v) is 14.7. The summed E-state index contributed by atoms with van der Waals surface area (Å²) in [6.07, 6.45) is 0. The fraction of sp³-hybridized carbons (Fsp3) is 0.278. The first kappa shape index (κ1) is 17.0. The number of hydrogen-bond acceptors (Lipinski definition) is 6. The highest BCUT2D eigenvalue weighted by Crippen LogP contribution is 2.35. The van der Waals surface area contributed by atoms with Crippen molar-refractivity contribution in [3.05, 3.63) is 47.3 Å². The zero-order valence-electron chi connectivity index (χ0n) is 13.9. The van der Waals surface area contributed by atoms with Gasteiger partial charge >= 0.3 is 0 Å². The van der Waals surface area contributed by atoms with Crippen molar-refractivity contribution in [3.8, 4) is 17.2 Å². The summed E-state index contributed by atoms with van der Waals surface area (Å²) in [5, 5.41) is 0.367. The molecule has 0 spiro atoms. The maximum Gasteiger partial charge on any atom is 0.189 e. The Morgan fingerprint density at radius 3 is 2.85 bits per heavy atom. The Hall–Kier alpha value is -2.45. The van der Waals surface area contributed by atoms with E-state index in [4.69, 9.17) is 24.7 Å². The summed E-state index contributed by atoms with van der Waals surface area (Å²) in [6, 6.07) is 8.28. The lowest BCUT2D eigenvalue weighted by molar-refractivity contribution is -0.0171. The van der Waals surface area contributed by atoms with E-state index in [2.05, 4.69) is 4.99 Å². The fourth-order valence-electron chi connectivity index (χ4n) is 2.78. The maximum absolute atomic E-state index is 13.8. The average molecular weight is 376 g/mol. The summed E-state index contributed by atoms with van der Waals surface area (Å²) < 4.78 is 35.5. The SMILES string of the molecule is NC(=Nc1ccc2c(c1)OCCO2)SCc1cc(F)cc2c1OCOC2. The van der Waals surface area contributed by atoms with Crippen molar-refractivity contribution < 1.29 is 23.3 Å². The summed E-state index contributed by atoms with van der Waals surface area (Å²) in [5.74, 6) is 2.14. The number of hydrogen-bond donors (Lipinski definition) is 1. The molecule has 2 aliphatic heterocycles. The Morgan fingerprint density at radius 2 is 1.96 bits per heavy atom. The molecular formula is C18H17FN2O4S. The van der Waals surface area contributed by atoms with Crippen LogP contribution in [0.1, 0.15) is 11.1 Å². The molecule has 6 nitrogen and oxygen atoms in total. The van der Waals surface area contributed by atoms with Crippen LogP contribution in [0.2, 0.25) is 0 Å². The minimum absolute atomic E-state index is 0.164. The van der Waals surface area contributed by atoms with E-state index in [0.717, 1.165) is 5.56 Å². The van der Waals surface area contributed by atoms with Crippen molar-refractivity contribution in [3.63, 3.8) is 0 Å². The number of amidine groups is 1. The molecule has 0 unspecified atom stereocenters. The van der Waals surface area contributed by atoms with E-state index < -0.39 is 0 Å². The largest absolute Gasteiger partial charge is 0.486 e. The predicted octanol–water partition coefficient (Wildman–Crippen LogP) is 3.34. The van der Waals surface area contributed by atoms with Crippen LogP contribution in [-0.4, -0.2) is 25.2 Å². The molecule has 0 aromatic heterocycles. The van der Waals surface area contributed by atoms with Crippen molar-refractivity contribution in [2.24, 2.45) is 10.7 Å². The number of thioether (sulfide) groups is 1. The second kappa shape index (κ2) is 7.43. The summed E-state index contributed by atoms with van der Waals surface area (Å²) in [4.78, 5) is 4.38. The van der Waals surface area contributed by atoms with Crippen LogP contribution in [0.4, 0.5) is 10.1 Å². The van der Waals surface area contributed by atoms with Crippen LogP contribution in [-0.2, 0) is 17.1 Å². The summed E-state index contributed by atoms with van der Waals surface area (Å²) in [6.45, 7) is 1.56. The van der Waals surface area contributed by atoms with Crippen molar-refractivity contribution in [2.75, 3.05) is 20.0 Å². The fourth-order valence-corrected chi connectivity index (χ4v) is 3.46. The highest BCUT2D eigenvalue weighted by molar-refractivity contribution is 8.13. The summed E-state index contributed by atoms with van der Waals surface area (Å²) in [5.41, 5.74) is 8.13. The molecule has 4 rings (SSSR count). The molecule has 0 amide bonds. The number of rotatable bonds is 3. The lowest BCUT2D eigenvalue weighted by atomic mass is 10.1. The van der Waals surface area contributed by atoms with Gasteiger partial charge in [-0.05, 0) is 24.3 Å². The molecule has 2 aliphatic rings. The van der Waals surface area contributed by atoms with Crippen LogP contribution < -0.4 is 19.9 Å². The number of nitrogens with zero attached hydrogens (tertiary/aromatic N) is 1. The maximum atomic E-state index is 13.8. The molecule has 2 N–H and O–H groups in total. The Balaban J connectivity index is 1.48. The Kier molecular flexibility index (Phi) is 4.85. The zero-order chi connectivity index (χ0) is 17.9. The number of nitrogens with two attached hydrogens (primary N) is 1. The van der Waals surface area contributed by atoms with Gasteiger partial charge in [0.2, 0.25) is 0 Å². The average Bonchev–Trinajstić information content (AvgIpc) is 2.66. The third-order valence-electron chi connectivity index (χ3n) is 3.89. The first-order valence-corrected chi connectivity index (χ1v) is 9.06. The Morgan fingerprint density at radius 1 is 1.12 bits per heavy atom. The molecule has 0 radical (unpaired) electrons. The minimum Gasteiger partial charge on any atom is -0.486 e. The number of aliphatic imine (C=N–C) groups is 1. The number of ether oxygens (including phenoxy) is 4. The molecular weight excluding hydrogens is 359 g/mol. The van der Waals surface area contributed by atoms with Gasteiger partial charge in [-0.2, -0.15) is 0 Å². The van der Waals surface area contributed by atoms with Gasteiger partial charge in [-0.25, -0.2) is 9.38 Å². The molecule has 2 heterocycles. The molecule has 0 saturated carbocycles. The number of fused-ring (bicyclic) bond motifs is 2. The molecule has 0 bridgehead atoms. The lowest BCUT2D eigenvalue weighted by Gasteiger charge is -2.20. The molecule has 0 saturated heterocycles. The molecule has 2 aromatic rings. The number of halogens is 1. The van der Waals surface area contributed by atoms with Crippen molar-refractivity contribution >= 4 is 22.6 Å². The van der Waals surface area contributed by atoms with Crippen LogP contribution >= 0.6 is 11.8 Å². The Labute approximate surface area is 154 Å². The smallest absolute Gasteiger partial charge is 0.189 e. The van der Waals surface area contributed by atoms with E-state index >= 15 is 0 Å². The monoisotopic (exact) mass is 376 g/mol. The molecule has 8 heteroatoms. The van der Waals surface area contributed by atoms with Gasteiger partial charge in [-0.1, -0.05) is 11.8 Å². The quantitative estimate of drug-likeness (QED) is 0.654. The molecule has 0 aliphatic carbocycles. The van der Waals surface area contributed by atoms with Gasteiger partial charge in [0, 0.05) is 22.9 Å². The number of benzene rings is 2. The van der Waals surface area contributed by atoms with E-state index in [0.29, 0.717) is 59.2 Å². The Bertz CT molecular complexity index is 859. The van der Waals surface area contributed by atoms with Crippen LogP contribution in [0.5, 0.6) is 17.2 Å². The first-order chi connectivity index (χ1) is 12.7. The third-order valence-corrected chi connectivity index (χ3v) is 4.73. The normalized spacial score (nSPS) is 16.0. The second-order valence-corrected chi connectivity index (χ2v) is 6.73. The van der Waals surface area contributed by atoms with Crippen LogP contribution in [0, 0.1) is 5.82 Å². The van der Waals surface area contributed by atoms with Crippen LogP contribution in [0.3, 0.4) is 0 Å². The molecule has 0 atom stereocenters. The lowest BCUT2D eigenvalue weighted by Crippen LogP contribution is -2.15.